The zero-order chi connectivity index (χ0) is 12.3. The topological polar surface area (TPSA) is 60.2 Å². The highest BCUT2D eigenvalue weighted by Crippen LogP contribution is 2.19. The van der Waals surface area contributed by atoms with Crippen LogP contribution >= 0.6 is 0 Å². The van der Waals surface area contributed by atoms with E-state index in [1.54, 1.807) is 17.8 Å². The van der Waals surface area contributed by atoms with Gasteiger partial charge in [0.2, 0.25) is 0 Å². The quantitative estimate of drug-likeness (QED) is 0.868. The number of rotatable bonds is 4. The number of hydrogen-bond donors (Lipinski definition) is 1. The largest absolute Gasteiger partial charge is 0.487 e. The lowest BCUT2D eigenvalue weighted by Crippen LogP contribution is -1.97. The van der Waals surface area contributed by atoms with Crippen molar-refractivity contribution >= 4 is 0 Å². The summed E-state index contributed by atoms with van der Waals surface area (Å²) in [5, 5.41) is 17.2. The minimum Gasteiger partial charge on any atom is -0.487 e. The van der Waals surface area contributed by atoms with Gasteiger partial charge in [-0.25, -0.2) is 0 Å². The first-order valence-corrected chi connectivity index (χ1v) is 5.41. The third-order valence-electron chi connectivity index (χ3n) is 2.38. The molecule has 1 unspecified atom stereocenters. The molecule has 0 aliphatic rings. The monoisotopic (exact) mass is 233 g/mol. The van der Waals surface area contributed by atoms with E-state index in [0.717, 1.165) is 11.3 Å². The molecule has 5 heteroatoms. The summed E-state index contributed by atoms with van der Waals surface area (Å²) in [6.07, 6.45) is 1.31. The first-order chi connectivity index (χ1) is 8.15. The summed E-state index contributed by atoms with van der Waals surface area (Å²) in [4.78, 5) is 0. The Morgan fingerprint density at radius 1 is 1.47 bits per heavy atom. The van der Waals surface area contributed by atoms with Gasteiger partial charge in [-0.3, -0.25) is 4.68 Å². The average Bonchev–Trinajstić information content (AvgIpc) is 2.73. The van der Waals surface area contributed by atoms with Crippen LogP contribution in [0.5, 0.6) is 5.75 Å². The zero-order valence-corrected chi connectivity index (χ0v) is 9.87. The summed E-state index contributed by atoms with van der Waals surface area (Å²) < 4.78 is 7.20. The highest BCUT2D eigenvalue weighted by Gasteiger charge is 2.03. The van der Waals surface area contributed by atoms with Crippen molar-refractivity contribution in [2.24, 2.45) is 7.05 Å². The van der Waals surface area contributed by atoms with Crippen LogP contribution in [0.1, 0.15) is 24.3 Å². The van der Waals surface area contributed by atoms with Crippen LogP contribution in [-0.2, 0) is 13.7 Å². The van der Waals surface area contributed by atoms with Crippen LogP contribution < -0.4 is 4.74 Å². The molecule has 0 aliphatic carbocycles. The zero-order valence-electron chi connectivity index (χ0n) is 9.87. The lowest BCUT2D eigenvalue weighted by atomic mass is 10.1. The second kappa shape index (κ2) is 4.97. The average molecular weight is 233 g/mol. The standard InChI is InChI=1S/C12H15N3O2/c1-9(16)10-4-3-5-12(6-10)17-8-11-7-15(2)14-13-11/h3-7,9,16H,8H2,1-2H3. The van der Waals surface area contributed by atoms with Gasteiger partial charge in [-0.2, -0.15) is 0 Å². The first-order valence-electron chi connectivity index (χ1n) is 5.41. The van der Waals surface area contributed by atoms with E-state index in [1.807, 2.05) is 31.3 Å². The smallest absolute Gasteiger partial charge is 0.134 e. The molecule has 2 rings (SSSR count). The summed E-state index contributed by atoms with van der Waals surface area (Å²) in [6, 6.07) is 7.39. The van der Waals surface area contributed by atoms with E-state index in [-0.39, 0.29) is 0 Å². The number of ether oxygens (including phenoxy) is 1. The predicted octanol–water partition coefficient (Wildman–Crippen LogP) is 1.45. The van der Waals surface area contributed by atoms with Gasteiger partial charge in [0, 0.05) is 7.05 Å². The molecule has 0 saturated carbocycles. The third-order valence-corrected chi connectivity index (χ3v) is 2.38. The third kappa shape index (κ3) is 3.04. The lowest BCUT2D eigenvalue weighted by molar-refractivity contribution is 0.198. The Hall–Kier alpha value is -1.88. The Morgan fingerprint density at radius 2 is 2.29 bits per heavy atom. The molecule has 5 nitrogen and oxygen atoms in total. The predicted molar refractivity (Wildman–Crippen MR) is 62.4 cm³/mol. The van der Waals surface area contributed by atoms with Crippen molar-refractivity contribution < 1.29 is 9.84 Å². The molecule has 0 bridgehead atoms. The fourth-order valence-electron chi connectivity index (χ4n) is 1.48. The van der Waals surface area contributed by atoms with Crippen LogP contribution in [0.3, 0.4) is 0 Å². The Morgan fingerprint density at radius 3 is 2.94 bits per heavy atom. The van der Waals surface area contributed by atoms with Gasteiger partial charge in [0.15, 0.2) is 0 Å². The number of aliphatic hydroxyl groups is 1. The molecule has 1 N–H and O–H groups in total. The van der Waals surface area contributed by atoms with Gasteiger partial charge in [-0.1, -0.05) is 17.3 Å². The maximum absolute atomic E-state index is 9.46. The highest BCUT2D eigenvalue weighted by atomic mass is 16.5. The van der Waals surface area contributed by atoms with Gasteiger partial charge >= 0.3 is 0 Å². The van der Waals surface area contributed by atoms with E-state index >= 15 is 0 Å². The molecular weight excluding hydrogens is 218 g/mol. The highest BCUT2D eigenvalue weighted by molar-refractivity contribution is 5.29. The number of aryl methyl sites for hydroxylation is 1. The second-order valence-corrected chi connectivity index (χ2v) is 3.92. The van der Waals surface area contributed by atoms with E-state index < -0.39 is 6.10 Å². The van der Waals surface area contributed by atoms with Gasteiger partial charge in [0.25, 0.3) is 0 Å². The molecular formula is C12H15N3O2. The number of benzene rings is 1. The fourth-order valence-corrected chi connectivity index (χ4v) is 1.48. The molecule has 0 saturated heterocycles. The number of hydrogen-bond acceptors (Lipinski definition) is 4. The minimum atomic E-state index is -0.491. The Balaban J connectivity index is 2.01. The minimum absolute atomic E-state index is 0.372. The van der Waals surface area contributed by atoms with Crippen molar-refractivity contribution in [2.45, 2.75) is 19.6 Å². The molecule has 1 aromatic heterocycles. The van der Waals surface area contributed by atoms with Gasteiger partial charge in [0.1, 0.15) is 18.1 Å². The van der Waals surface area contributed by atoms with Crippen LogP contribution in [-0.4, -0.2) is 20.1 Å². The molecule has 0 amide bonds. The van der Waals surface area contributed by atoms with Crippen LogP contribution in [0.4, 0.5) is 0 Å². The maximum Gasteiger partial charge on any atom is 0.134 e. The first kappa shape index (κ1) is 11.6. The molecule has 0 fully saturated rings. The van der Waals surface area contributed by atoms with E-state index in [1.165, 1.54) is 0 Å². The van der Waals surface area contributed by atoms with Gasteiger partial charge in [-0.05, 0) is 24.6 Å². The van der Waals surface area contributed by atoms with Gasteiger partial charge < -0.3 is 9.84 Å². The normalized spacial score (nSPS) is 12.4. The summed E-state index contributed by atoms with van der Waals surface area (Å²) >= 11 is 0. The van der Waals surface area contributed by atoms with Crippen LogP contribution in [0.25, 0.3) is 0 Å². The molecule has 2 aromatic rings. The van der Waals surface area contributed by atoms with Crippen molar-refractivity contribution in [1.29, 1.82) is 0 Å². The van der Waals surface area contributed by atoms with Crippen LogP contribution in [0, 0.1) is 0 Å². The maximum atomic E-state index is 9.46. The summed E-state index contributed by atoms with van der Waals surface area (Å²) in [5.74, 6) is 0.717. The molecule has 90 valence electrons. The molecule has 0 radical (unpaired) electrons. The number of aliphatic hydroxyl groups excluding tert-OH is 1. The lowest BCUT2D eigenvalue weighted by Gasteiger charge is -2.08. The Bertz CT molecular complexity index is 494. The van der Waals surface area contributed by atoms with Crippen LogP contribution in [0.15, 0.2) is 30.5 Å². The molecule has 1 aromatic carbocycles. The van der Waals surface area contributed by atoms with Crippen molar-refractivity contribution in [3.63, 3.8) is 0 Å². The molecule has 1 atom stereocenters. The van der Waals surface area contributed by atoms with Crippen molar-refractivity contribution in [3.05, 3.63) is 41.7 Å². The second-order valence-electron chi connectivity index (χ2n) is 3.92. The van der Waals surface area contributed by atoms with E-state index in [9.17, 15) is 5.11 Å². The SMILES string of the molecule is CC(O)c1cccc(OCc2cn(C)nn2)c1. The van der Waals surface area contributed by atoms with E-state index in [2.05, 4.69) is 10.3 Å². The number of nitrogens with zero attached hydrogens (tertiary/aromatic N) is 3. The van der Waals surface area contributed by atoms with Crippen molar-refractivity contribution in [1.82, 2.24) is 15.0 Å². The van der Waals surface area contributed by atoms with Gasteiger partial charge in [-0.15, -0.1) is 5.10 Å². The van der Waals surface area contributed by atoms with Crippen LogP contribution in [0.2, 0.25) is 0 Å². The Kier molecular flexibility index (Phi) is 3.39. The van der Waals surface area contributed by atoms with E-state index in [0.29, 0.717) is 12.4 Å². The summed E-state index contributed by atoms with van der Waals surface area (Å²) in [7, 11) is 1.81. The summed E-state index contributed by atoms with van der Waals surface area (Å²) in [5.41, 5.74) is 1.61. The molecule has 17 heavy (non-hydrogen) atoms. The molecule has 0 spiro atoms. The summed E-state index contributed by atoms with van der Waals surface area (Å²) in [6.45, 7) is 2.10. The Labute approximate surface area is 99.7 Å². The van der Waals surface area contributed by atoms with Gasteiger partial charge in [0.05, 0.1) is 12.3 Å². The van der Waals surface area contributed by atoms with Crippen molar-refractivity contribution in [2.75, 3.05) is 0 Å². The number of aromatic nitrogens is 3. The van der Waals surface area contributed by atoms with Crippen molar-refractivity contribution in [3.8, 4) is 5.75 Å². The van der Waals surface area contributed by atoms with E-state index in [4.69, 9.17) is 4.74 Å². The fraction of sp³-hybridized carbons (Fsp3) is 0.333. The molecule has 0 aliphatic heterocycles. The molecule has 1 heterocycles.